The number of hydrazine groups is 1. The topological polar surface area (TPSA) is 92.9 Å². The molecule has 4 N–H and O–H groups in total. The lowest BCUT2D eigenvalue weighted by Crippen LogP contribution is -2.25. The molecule has 2 aromatic rings. The highest BCUT2D eigenvalue weighted by Crippen LogP contribution is 2.16. The van der Waals surface area contributed by atoms with Crippen molar-refractivity contribution in [2.45, 2.75) is 13.5 Å². The summed E-state index contributed by atoms with van der Waals surface area (Å²) in [5.74, 6) is 5.27. The van der Waals surface area contributed by atoms with Gasteiger partial charge in [-0.05, 0) is 36.2 Å². The van der Waals surface area contributed by atoms with E-state index < -0.39 is 0 Å². The molecule has 0 fully saturated rings. The molecule has 6 nitrogen and oxygen atoms in total. The quantitative estimate of drug-likeness (QED) is 0.588. The van der Waals surface area contributed by atoms with E-state index >= 15 is 0 Å². The molecule has 0 saturated heterocycles. The molecule has 0 bridgehead atoms. The van der Waals surface area contributed by atoms with Crippen LogP contribution in [0.3, 0.4) is 0 Å². The van der Waals surface area contributed by atoms with Gasteiger partial charge in [0, 0.05) is 18.9 Å². The first kappa shape index (κ1) is 14.2. The number of pyridine rings is 2. The summed E-state index contributed by atoms with van der Waals surface area (Å²) in [4.78, 5) is 20.1. The molecule has 0 atom stereocenters. The highest BCUT2D eigenvalue weighted by Gasteiger charge is 2.13. The van der Waals surface area contributed by atoms with Gasteiger partial charge in [0.15, 0.2) is 0 Å². The Morgan fingerprint density at radius 1 is 1.40 bits per heavy atom. The largest absolute Gasteiger partial charge is 0.347 e. The molecule has 2 aromatic heterocycles. The first-order valence-corrected chi connectivity index (χ1v) is 6.30. The van der Waals surface area contributed by atoms with Gasteiger partial charge >= 0.3 is 0 Å². The van der Waals surface area contributed by atoms with Gasteiger partial charge in [0.2, 0.25) is 0 Å². The van der Waals surface area contributed by atoms with Gasteiger partial charge in [0.05, 0.1) is 5.02 Å². The Balaban J connectivity index is 2.11. The summed E-state index contributed by atoms with van der Waals surface area (Å²) in [6.45, 7) is 2.31. The van der Waals surface area contributed by atoms with Gasteiger partial charge < -0.3 is 10.7 Å². The minimum Gasteiger partial charge on any atom is -0.347 e. The number of carbonyl (C=O) groups is 1. The zero-order chi connectivity index (χ0) is 14.5. The van der Waals surface area contributed by atoms with Gasteiger partial charge in [0.1, 0.15) is 11.5 Å². The number of nitrogen functional groups attached to an aromatic ring is 1. The number of carbonyl (C=O) groups excluding carboxylic acids is 1. The minimum absolute atomic E-state index is 0.128. The first-order chi connectivity index (χ1) is 9.61. The van der Waals surface area contributed by atoms with Crippen molar-refractivity contribution in [2.75, 3.05) is 5.43 Å². The van der Waals surface area contributed by atoms with Gasteiger partial charge in [-0.3, -0.25) is 9.78 Å². The number of halogens is 1. The lowest BCUT2D eigenvalue weighted by molar-refractivity contribution is 0.0946. The zero-order valence-corrected chi connectivity index (χ0v) is 11.6. The third-order valence-electron chi connectivity index (χ3n) is 2.80. The van der Waals surface area contributed by atoms with Crippen LogP contribution < -0.4 is 16.6 Å². The molecule has 0 unspecified atom stereocenters. The maximum Gasteiger partial charge on any atom is 0.271 e. The Morgan fingerprint density at radius 3 is 2.90 bits per heavy atom. The van der Waals surface area contributed by atoms with E-state index in [1.807, 2.05) is 13.0 Å². The predicted molar refractivity (Wildman–Crippen MR) is 77.2 cm³/mol. The normalized spacial score (nSPS) is 10.2. The second kappa shape index (κ2) is 6.31. The molecule has 0 aliphatic rings. The number of rotatable bonds is 4. The van der Waals surface area contributed by atoms with E-state index in [4.69, 9.17) is 17.4 Å². The van der Waals surface area contributed by atoms with E-state index in [1.54, 1.807) is 24.5 Å². The van der Waals surface area contributed by atoms with Gasteiger partial charge in [-0.1, -0.05) is 11.6 Å². The molecule has 0 aromatic carbocycles. The number of amides is 1. The highest BCUT2D eigenvalue weighted by atomic mass is 35.5. The van der Waals surface area contributed by atoms with Crippen LogP contribution in [0.2, 0.25) is 5.02 Å². The molecule has 2 heterocycles. The molecule has 7 heteroatoms. The number of aromatic nitrogens is 2. The average Bonchev–Trinajstić information content (AvgIpc) is 2.46. The van der Waals surface area contributed by atoms with Crippen molar-refractivity contribution < 1.29 is 4.79 Å². The molecule has 20 heavy (non-hydrogen) atoms. The van der Waals surface area contributed by atoms with E-state index in [0.717, 1.165) is 11.1 Å². The van der Waals surface area contributed by atoms with Gasteiger partial charge in [-0.15, -0.1) is 0 Å². The smallest absolute Gasteiger partial charge is 0.271 e. The second-order valence-electron chi connectivity index (χ2n) is 4.16. The maximum absolute atomic E-state index is 12.1. The van der Waals surface area contributed by atoms with Crippen LogP contribution in [0.1, 0.15) is 21.6 Å². The molecule has 104 valence electrons. The first-order valence-electron chi connectivity index (χ1n) is 5.92. The Morgan fingerprint density at radius 2 is 2.20 bits per heavy atom. The van der Waals surface area contributed by atoms with E-state index in [1.165, 1.54) is 0 Å². The van der Waals surface area contributed by atoms with Crippen molar-refractivity contribution in [3.05, 3.63) is 52.4 Å². The molecule has 0 aliphatic carbocycles. The summed E-state index contributed by atoms with van der Waals surface area (Å²) in [6.07, 6.45) is 3.41. The van der Waals surface area contributed by atoms with E-state index in [0.29, 0.717) is 12.4 Å². The van der Waals surface area contributed by atoms with E-state index in [2.05, 4.69) is 20.7 Å². The Kier molecular flexibility index (Phi) is 4.49. The van der Waals surface area contributed by atoms with Crippen LogP contribution in [0.4, 0.5) is 5.82 Å². The SMILES string of the molecule is Cc1ccncc1CNC(=O)c1nc(NN)ccc1Cl. The molecule has 2 rings (SSSR count). The van der Waals surface area contributed by atoms with E-state index in [9.17, 15) is 4.79 Å². The Labute approximate surface area is 121 Å². The molecular formula is C13H14ClN5O. The van der Waals surface area contributed by atoms with Crippen molar-refractivity contribution >= 4 is 23.3 Å². The molecule has 0 radical (unpaired) electrons. The zero-order valence-electron chi connectivity index (χ0n) is 10.9. The molecule has 0 saturated carbocycles. The highest BCUT2D eigenvalue weighted by molar-refractivity contribution is 6.33. The lowest BCUT2D eigenvalue weighted by atomic mass is 10.1. The number of anilines is 1. The molecule has 0 spiro atoms. The van der Waals surface area contributed by atoms with Crippen LogP contribution in [0.15, 0.2) is 30.6 Å². The van der Waals surface area contributed by atoms with Crippen molar-refractivity contribution in [3.8, 4) is 0 Å². The van der Waals surface area contributed by atoms with Crippen LogP contribution in [-0.2, 0) is 6.54 Å². The van der Waals surface area contributed by atoms with Gasteiger partial charge in [0.25, 0.3) is 5.91 Å². The summed E-state index contributed by atoms with van der Waals surface area (Å²) >= 11 is 5.96. The fraction of sp³-hybridized carbons (Fsp3) is 0.154. The monoisotopic (exact) mass is 291 g/mol. The number of hydrogen-bond donors (Lipinski definition) is 3. The Hall–Kier alpha value is -2.18. The summed E-state index contributed by atoms with van der Waals surface area (Å²) in [5.41, 5.74) is 4.49. The van der Waals surface area contributed by atoms with Crippen molar-refractivity contribution in [1.82, 2.24) is 15.3 Å². The number of nitrogens with zero attached hydrogens (tertiary/aromatic N) is 2. The summed E-state index contributed by atoms with van der Waals surface area (Å²) in [6, 6.07) is 5.03. The Bertz CT molecular complexity index is 632. The second-order valence-corrected chi connectivity index (χ2v) is 4.56. The standard InChI is InChI=1S/C13H14ClN5O/c1-8-4-5-16-6-9(8)7-17-13(20)12-10(14)2-3-11(18-12)19-15/h2-6H,7,15H2,1H3,(H,17,20)(H,18,19). The third-order valence-corrected chi connectivity index (χ3v) is 3.10. The van der Waals surface area contributed by atoms with E-state index in [-0.39, 0.29) is 16.6 Å². The number of hydrogen-bond acceptors (Lipinski definition) is 5. The van der Waals surface area contributed by atoms with Crippen LogP contribution >= 0.6 is 11.6 Å². The van der Waals surface area contributed by atoms with Gasteiger partial charge in [-0.2, -0.15) is 0 Å². The number of aryl methyl sites for hydroxylation is 1. The predicted octanol–water partition coefficient (Wildman–Crippen LogP) is 1.65. The maximum atomic E-state index is 12.1. The van der Waals surface area contributed by atoms with Crippen molar-refractivity contribution in [3.63, 3.8) is 0 Å². The lowest BCUT2D eigenvalue weighted by Gasteiger charge is -2.09. The van der Waals surface area contributed by atoms with Crippen LogP contribution in [0.5, 0.6) is 0 Å². The van der Waals surface area contributed by atoms with Crippen molar-refractivity contribution in [2.24, 2.45) is 5.84 Å². The van der Waals surface area contributed by atoms with Crippen molar-refractivity contribution in [1.29, 1.82) is 0 Å². The van der Waals surface area contributed by atoms with Crippen LogP contribution in [0, 0.1) is 6.92 Å². The number of nitrogens with one attached hydrogen (secondary N) is 2. The van der Waals surface area contributed by atoms with Crippen LogP contribution in [-0.4, -0.2) is 15.9 Å². The molecular weight excluding hydrogens is 278 g/mol. The molecule has 1 amide bonds. The molecule has 0 aliphatic heterocycles. The fourth-order valence-electron chi connectivity index (χ4n) is 1.62. The van der Waals surface area contributed by atoms with Crippen LogP contribution in [0.25, 0.3) is 0 Å². The average molecular weight is 292 g/mol. The van der Waals surface area contributed by atoms with Gasteiger partial charge in [-0.25, -0.2) is 10.8 Å². The third kappa shape index (κ3) is 3.23. The number of nitrogens with two attached hydrogens (primary N) is 1. The minimum atomic E-state index is -0.365. The summed E-state index contributed by atoms with van der Waals surface area (Å²) in [5, 5.41) is 3.02. The fourth-order valence-corrected chi connectivity index (χ4v) is 1.81. The summed E-state index contributed by atoms with van der Waals surface area (Å²) in [7, 11) is 0. The summed E-state index contributed by atoms with van der Waals surface area (Å²) < 4.78 is 0.